The van der Waals surface area contributed by atoms with Crippen LogP contribution in [0.3, 0.4) is 0 Å². The second-order valence-electron chi connectivity index (χ2n) is 14.8. The molecule has 2 aromatic heterocycles. The van der Waals surface area contributed by atoms with Gasteiger partial charge in [-0.3, -0.25) is 0 Å². The van der Waals surface area contributed by atoms with E-state index in [0.717, 1.165) is 77.8 Å². The molecule has 0 aliphatic carbocycles. The predicted octanol–water partition coefficient (Wildman–Crippen LogP) is 14.2. The van der Waals surface area contributed by atoms with Gasteiger partial charge in [0.2, 0.25) is 0 Å². The van der Waals surface area contributed by atoms with E-state index in [1.54, 1.807) is 0 Å². The van der Waals surface area contributed by atoms with Crippen molar-refractivity contribution >= 4 is 16.5 Å². The van der Waals surface area contributed by atoms with Gasteiger partial charge < -0.3 is 0 Å². The number of nitriles is 1. The molecule has 0 unspecified atom stereocenters. The van der Waals surface area contributed by atoms with Gasteiger partial charge in [0.15, 0.2) is 17.3 Å². The van der Waals surface area contributed by atoms with Crippen molar-refractivity contribution in [2.24, 2.45) is 0 Å². The molecule has 2 heterocycles. The van der Waals surface area contributed by atoms with E-state index in [-0.39, 0.29) is 0 Å². The number of nitrogens with zero attached hydrogens (tertiary/aromatic N) is 6. The molecule has 0 saturated carbocycles. The van der Waals surface area contributed by atoms with Crippen LogP contribution in [0.15, 0.2) is 206 Å². The van der Waals surface area contributed by atoms with Gasteiger partial charge in [-0.2, -0.15) is 5.26 Å². The molecule has 0 fully saturated rings. The van der Waals surface area contributed by atoms with Gasteiger partial charge in [0.05, 0.1) is 41.0 Å². The van der Waals surface area contributed by atoms with Gasteiger partial charge in [-0.05, 0) is 51.2 Å². The Morgan fingerprint density at radius 2 is 0.758 bits per heavy atom. The highest BCUT2D eigenvalue weighted by atomic mass is 14.9. The van der Waals surface area contributed by atoms with Crippen LogP contribution in [-0.2, 0) is 0 Å². The average Bonchev–Trinajstić information content (AvgIpc) is 3.36. The lowest BCUT2D eigenvalue weighted by molar-refractivity contribution is 1.18. The van der Waals surface area contributed by atoms with Crippen molar-refractivity contribution in [3.05, 3.63) is 223 Å². The van der Waals surface area contributed by atoms with Crippen LogP contribution in [0, 0.1) is 17.9 Å². The fourth-order valence-electron chi connectivity index (χ4n) is 7.95. The molecule has 10 aromatic rings. The van der Waals surface area contributed by atoms with Gasteiger partial charge in [-0.25, -0.2) is 24.8 Å². The number of aromatic nitrogens is 4. The molecule has 0 saturated heterocycles. The van der Waals surface area contributed by atoms with Gasteiger partial charge in [0.1, 0.15) is 0 Å². The number of rotatable bonds is 8. The Hall–Kier alpha value is -8.84. The van der Waals surface area contributed by atoms with Crippen LogP contribution in [-0.4, -0.2) is 19.9 Å². The van der Waals surface area contributed by atoms with Crippen LogP contribution in [0.4, 0.5) is 5.69 Å². The Balaban J connectivity index is 0.993. The molecule has 0 aliphatic rings. The largest absolute Gasteiger partial charge is 0.237 e. The monoisotopic (exact) mass is 790 g/mol. The molecule has 0 bridgehead atoms. The Bertz CT molecular complexity index is 3120. The van der Waals surface area contributed by atoms with E-state index in [2.05, 4.69) is 95.8 Å². The molecule has 0 radical (unpaired) electrons. The fourth-order valence-corrected chi connectivity index (χ4v) is 7.95. The van der Waals surface area contributed by atoms with Crippen molar-refractivity contribution in [2.75, 3.05) is 0 Å². The van der Waals surface area contributed by atoms with Crippen molar-refractivity contribution in [3.63, 3.8) is 0 Å². The minimum atomic E-state index is 0.550. The van der Waals surface area contributed by atoms with E-state index in [1.165, 1.54) is 0 Å². The van der Waals surface area contributed by atoms with Gasteiger partial charge in [-0.1, -0.05) is 188 Å². The SMILES string of the molecule is [C-]#[N+]c1ccccc1-c1cc(-c2ccccc2)nc(-c2ccc(-c3cccc4c(-c5ccc(-c6nc(-c7ccccc7)cc(-c7ccccc7C#N)n6)cc5)cccc34)cc2)n1. The number of fused-ring (bicyclic) bond motifs is 1. The van der Waals surface area contributed by atoms with Crippen LogP contribution in [0.2, 0.25) is 0 Å². The summed E-state index contributed by atoms with van der Waals surface area (Å²) in [6.07, 6.45) is 0. The van der Waals surface area contributed by atoms with Gasteiger partial charge in [0, 0.05) is 33.4 Å². The van der Waals surface area contributed by atoms with E-state index >= 15 is 0 Å². The fraction of sp³-hybridized carbons (Fsp3) is 0. The molecule has 62 heavy (non-hydrogen) atoms. The van der Waals surface area contributed by atoms with Crippen molar-refractivity contribution in [1.29, 1.82) is 5.26 Å². The number of para-hydroxylation sites is 1. The maximum absolute atomic E-state index is 9.89. The Morgan fingerprint density at radius 3 is 1.26 bits per heavy atom. The minimum absolute atomic E-state index is 0.550. The number of hydrogen-bond donors (Lipinski definition) is 0. The molecule has 288 valence electrons. The van der Waals surface area contributed by atoms with Crippen LogP contribution in [0.5, 0.6) is 0 Å². The molecule has 8 aromatic carbocycles. The molecule has 10 rings (SSSR count). The maximum atomic E-state index is 9.89. The summed E-state index contributed by atoms with van der Waals surface area (Å²) in [5, 5.41) is 12.2. The lowest BCUT2D eigenvalue weighted by Crippen LogP contribution is -1.97. The summed E-state index contributed by atoms with van der Waals surface area (Å²) in [6.45, 7) is 7.78. The third-order valence-electron chi connectivity index (χ3n) is 11.0. The molecule has 6 nitrogen and oxygen atoms in total. The second kappa shape index (κ2) is 16.4. The lowest BCUT2D eigenvalue weighted by Gasteiger charge is -2.13. The van der Waals surface area contributed by atoms with Gasteiger partial charge >= 0.3 is 0 Å². The summed E-state index contributed by atoms with van der Waals surface area (Å²) >= 11 is 0. The van der Waals surface area contributed by atoms with E-state index in [4.69, 9.17) is 26.5 Å². The zero-order valence-corrected chi connectivity index (χ0v) is 33.3. The number of benzene rings is 8. The molecule has 0 N–H and O–H groups in total. The average molecular weight is 791 g/mol. The predicted molar refractivity (Wildman–Crippen MR) is 250 cm³/mol. The summed E-state index contributed by atoms with van der Waals surface area (Å²) < 4.78 is 0. The van der Waals surface area contributed by atoms with Gasteiger partial charge in [-0.15, -0.1) is 0 Å². The Morgan fingerprint density at radius 1 is 0.355 bits per heavy atom. The zero-order valence-electron chi connectivity index (χ0n) is 33.3. The van der Waals surface area contributed by atoms with E-state index in [9.17, 15) is 5.26 Å². The third-order valence-corrected chi connectivity index (χ3v) is 11.0. The van der Waals surface area contributed by atoms with Crippen molar-refractivity contribution in [1.82, 2.24) is 19.9 Å². The maximum Gasteiger partial charge on any atom is 0.196 e. The molecular weight excluding hydrogens is 757 g/mol. The van der Waals surface area contributed by atoms with E-state index < -0.39 is 0 Å². The first-order valence-electron chi connectivity index (χ1n) is 20.2. The Labute approximate surface area is 359 Å². The van der Waals surface area contributed by atoms with Crippen LogP contribution in [0.25, 0.3) is 106 Å². The van der Waals surface area contributed by atoms with Crippen LogP contribution in [0.1, 0.15) is 5.56 Å². The van der Waals surface area contributed by atoms with Gasteiger partial charge in [0.25, 0.3) is 0 Å². The minimum Gasteiger partial charge on any atom is -0.237 e. The first-order chi connectivity index (χ1) is 30.6. The Kier molecular flexibility index (Phi) is 9.92. The van der Waals surface area contributed by atoms with Crippen molar-refractivity contribution in [3.8, 4) is 96.1 Å². The van der Waals surface area contributed by atoms with Crippen molar-refractivity contribution < 1.29 is 0 Å². The normalized spacial score (nSPS) is 10.9. The highest BCUT2D eigenvalue weighted by Gasteiger charge is 2.16. The third kappa shape index (κ3) is 7.26. The lowest BCUT2D eigenvalue weighted by atomic mass is 9.92. The first kappa shape index (κ1) is 37.4. The smallest absolute Gasteiger partial charge is 0.196 e. The summed E-state index contributed by atoms with van der Waals surface area (Å²) in [4.78, 5) is 23.8. The highest BCUT2D eigenvalue weighted by molar-refractivity contribution is 6.04. The molecular formula is C56H34N6. The highest BCUT2D eigenvalue weighted by Crippen LogP contribution is 2.38. The summed E-state index contributed by atoms with van der Waals surface area (Å²) in [7, 11) is 0. The zero-order chi connectivity index (χ0) is 41.8. The van der Waals surface area contributed by atoms with E-state index in [1.807, 2.05) is 121 Å². The molecule has 0 aliphatic heterocycles. The summed E-state index contributed by atoms with van der Waals surface area (Å²) in [5.41, 5.74) is 13.8. The van der Waals surface area contributed by atoms with Crippen LogP contribution < -0.4 is 0 Å². The second-order valence-corrected chi connectivity index (χ2v) is 14.8. The molecule has 0 atom stereocenters. The first-order valence-corrected chi connectivity index (χ1v) is 20.2. The molecule has 6 heteroatoms. The topological polar surface area (TPSA) is 79.7 Å². The standard InChI is InChI=1S/C56H34N6/c1-58-50-25-11-10-20-49(50)54-35-52(40-16-6-3-7-17-40)60-56(62-54)42-32-28-38(29-33-42)45-22-13-23-47-44(21-12-24-48(45)47)37-26-30-41(31-27-37)55-59-51(39-14-4-2-5-15-39)34-53(61-55)46-19-9-8-18-43(46)36-57/h2-35H. The van der Waals surface area contributed by atoms with Crippen LogP contribution >= 0.6 is 0 Å². The summed E-state index contributed by atoms with van der Waals surface area (Å²) in [5.74, 6) is 1.18. The molecule has 0 amide bonds. The number of hydrogen-bond acceptors (Lipinski definition) is 5. The summed E-state index contributed by atoms with van der Waals surface area (Å²) in [6, 6.07) is 71.2. The van der Waals surface area contributed by atoms with E-state index in [0.29, 0.717) is 34.3 Å². The quantitative estimate of drug-likeness (QED) is 0.143. The van der Waals surface area contributed by atoms with Crippen molar-refractivity contribution in [2.45, 2.75) is 0 Å². The molecule has 0 spiro atoms.